The third-order valence-electron chi connectivity index (χ3n) is 2.58. The number of hydrogen-bond acceptors (Lipinski definition) is 2. The highest BCUT2D eigenvalue weighted by atomic mass is 19.4. The molecule has 0 aliphatic carbocycles. The van der Waals surface area contributed by atoms with Crippen molar-refractivity contribution in [1.82, 2.24) is 0 Å². The Morgan fingerprint density at radius 1 is 1.15 bits per heavy atom. The summed E-state index contributed by atoms with van der Waals surface area (Å²) in [6.07, 6.45) is -4.68. The van der Waals surface area contributed by atoms with E-state index in [2.05, 4.69) is 6.07 Å². The summed E-state index contributed by atoms with van der Waals surface area (Å²) < 4.78 is 51.8. The topological polar surface area (TPSA) is 43.1 Å². The van der Waals surface area contributed by atoms with E-state index >= 15 is 0 Å². The van der Waals surface area contributed by atoms with Crippen LogP contribution in [0.5, 0.6) is 0 Å². The largest absolute Gasteiger partial charge is 0.417 e. The van der Waals surface area contributed by atoms with Gasteiger partial charge in [0.1, 0.15) is 5.82 Å². The molecule has 2 aromatic rings. The molecule has 3 nitrogen and oxygen atoms in total. The third kappa shape index (κ3) is 2.76. The Morgan fingerprint density at radius 2 is 1.85 bits per heavy atom. The molecule has 1 radical (unpaired) electrons. The van der Waals surface area contributed by atoms with E-state index in [-0.39, 0.29) is 5.56 Å². The van der Waals surface area contributed by atoms with Crippen LogP contribution < -0.4 is 0 Å². The lowest BCUT2D eigenvalue weighted by atomic mass is 9.98. The van der Waals surface area contributed by atoms with Crippen molar-refractivity contribution < 1.29 is 22.5 Å². The number of benzene rings is 2. The van der Waals surface area contributed by atoms with Crippen molar-refractivity contribution in [2.24, 2.45) is 0 Å². The predicted octanol–water partition coefficient (Wildman–Crippen LogP) is 4.22. The number of hydrogen-bond donors (Lipinski definition) is 0. The Hall–Kier alpha value is -2.44. The molecule has 2 rings (SSSR count). The molecule has 0 aliphatic rings. The van der Waals surface area contributed by atoms with Gasteiger partial charge in [-0.15, -0.1) is 0 Å². The molecule has 0 aliphatic heterocycles. The van der Waals surface area contributed by atoms with Crippen molar-refractivity contribution in [2.75, 3.05) is 0 Å². The van der Waals surface area contributed by atoms with E-state index < -0.39 is 33.7 Å². The van der Waals surface area contributed by atoms with Gasteiger partial charge in [-0.05, 0) is 35.4 Å². The van der Waals surface area contributed by atoms with Crippen LogP contribution in [0.15, 0.2) is 36.4 Å². The lowest BCUT2D eigenvalue weighted by molar-refractivity contribution is -0.385. The van der Waals surface area contributed by atoms with Gasteiger partial charge in [-0.3, -0.25) is 10.1 Å². The van der Waals surface area contributed by atoms with Gasteiger partial charge in [-0.25, -0.2) is 4.39 Å². The Bertz CT molecular complexity index is 668. The predicted molar refractivity (Wildman–Crippen MR) is 62.3 cm³/mol. The van der Waals surface area contributed by atoms with Crippen LogP contribution in [0.1, 0.15) is 5.56 Å². The molecule has 0 heterocycles. The van der Waals surface area contributed by atoms with E-state index in [1.807, 2.05) is 0 Å². The quantitative estimate of drug-likeness (QED) is 0.471. The molecule has 0 saturated carbocycles. The maximum atomic E-state index is 13.2. The number of alkyl halides is 3. The summed E-state index contributed by atoms with van der Waals surface area (Å²) in [5, 5.41) is 10.6. The molecule has 0 aromatic heterocycles. The highest BCUT2D eigenvalue weighted by Crippen LogP contribution is 2.38. The van der Waals surface area contributed by atoms with Crippen molar-refractivity contribution >= 4 is 5.69 Å². The highest BCUT2D eigenvalue weighted by molar-refractivity contribution is 5.70. The average molecular weight is 284 g/mol. The fourth-order valence-corrected chi connectivity index (χ4v) is 1.73. The molecule has 0 saturated heterocycles. The van der Waals surface area contributed by atoms with Crippen LogP contribution in [-0.2, 0) is 6.18 Å². The molecular weight excluding hydrogens is 278 g/mol. The van der Waals surface area contributed by atoms with Crippen LogP contribution in [0.4, 0.5) is 23.2 Å². The van der Waals surface area contributed by atoms with Crippen LogP contribution >= 0.6 is 0 Å². The van der Waals surface area contributed by atoms with Gasteiger partial charge in [-0.1, -0.05) is 6.07 Å². The second-order valence-electron chi connectivity index (χ2n) is 3.91. The summed E-state index contributed by atoms with van der Waals surface area (Å²) in [4.78, 5) is 9.83. The molecule has 0 unspecified atom stereocenters. The lowest BCUT2D eigenvalue weighted by Gasteiger charge is -2.12. The van der Waals surface area contributed by atoms with Gasteiger partial charge < -0.3 is 0 Å². The molecule has 0 bridgehead atoms. The minimum absolute atomic E-state index is 0.0951. The Kier molecular flexibility index (Phi) is 3.44. The lowest BCUT2D eigenvalue weighted by Crippen LogP contribution is -2.07. The van der Waals surface area contributed by atoms with E-state index in [4.69, 9.17) is 0 Å². The zero-order valence-electron chi connectivity index (χ0n) is 9.74. The van der Waals surface area contributed by atoms with E-state index in [0.717, 1.165) is 12.1 Å². The summed E-state index contributed by atoms with van der Waals surface area (Å²) in [7, 11) is 0. The Labute approximate surface area is 110 Å². The molecule has 7 heteroatoms. The van der Waals surface area contributed by atoms with Gasteiger partial charge in [0.2, 0.25) is 0 Å². The van der Waals surface area contributed by atoms with Crippen LogP contribution in [0.25, 0.3) is 11.1 Å². The van der Waals surface area contributed by atoms with Gasteiger partial charge >= 0.3 is 6.18 Å². The standard InChI is InChI=1S/C13H6F4NO2/c14-9-4-5-12(13(15,16)17)11(7-9)8-2-1-3-10(6-8)18(19)20/h1-2,4-7H. The minimum atomic E-state index is -4.68. The number of nitrogens with zero attached hydrogens (tertiary/aromatic N) is 1. The molecule has 0 fully saturated rings. The molecule has 20 heavy (non-hydrogen) atoms. The maximum absolute atomic E-state index is 13.2. The fraction of sp³-hybridized carbons (Fsp3) is 0.0769. The zero-order valence-corrected chi connectivity index (χ0v) is 9.74. The smallest absolute Gasteiger partial charge is 0.258 e. The fourth-order valence-electron chi connectivity index (χ4n) is 1.73. The first-order valence-corrected chi connectivity index (χ1v) is 5.32. The summed E-state index contributed by atoms with van der Waals surface area (Å²) in [5.74, 6) is -0.858. The number of nitro groups is 1. The second-order valence-corrected chi connectivity index (χ2v) is 3.91. The Morgan fingerprint density at radius 3 is 2.45 bits per heavy atom. The van der Waals surface area contributed by atoms with Crippen LogP contribution in [0.3, 0.4) is 0 Å². The average Bonchev–Trinajstić information content (AvgIpc) is 2.37. The van der Waals surface area contributed by atoms with Gasteiger partial charge in [0.05, 0.1) is 16.6 Å². The number of nitro benzene ring substituents is 1. The van der Waals surface area contributed by atoms with Crippen LogP contribution in [-0.4, -0.2) is 4.92 Å². The molecule has 2 aromatic carbocycles. The molecular formula is C13H6F4NO2. The number of non-ortho nitro benzene ring substituents is 1. The molecule has 0 atom stereocenters. The van der Waals surface area contributed by atoms with Gasteiger partial charge in [0.15, 0.2) is 0 Å². The van der Waals surface area contributed by atoms with Gasteiger partial charge in [-0.2, -0.15) is 13.2 Å². The van der Waals surface area contributed by atoms with Crippen LogP contribution in [0.2, 0.25) is 0 Å². The molecule has 0 amide bonds. The van der Waals surface area contributed by atoms with E-state index in [9.17, 15) is 27.7 Å². The highest BCUT2D eigenvalue weighted by Gasteiger charge is 2.34. The van der Waals surface area contributed by atoms with Gasteiger partial charge in [0.25, 0.3) is 5.69 Å². The first kappa shape index (κ1) is 14.0. The van der Waals surface area contributed by atoms with Crippen LogP contribution in [0, 0.1) is 22.0 Å². The van der Waals surface area contributed by atoms with Gasteiger partial charge in [0, 0.05) is 6.07 Å². The minimum Gasteiger partial charge on any atom is -0.258 e. The number of rotatable bonds is 2. The SMILES string of the molecule is O=[N+]([O-])c1[c]ccc(-c2cc(F)ccc2C(F)(F)F)c1. The summed E-state index contributed by atoms with van der Waals surface area (Å²) >= 11 is 0. The van der Waals surface area contributed by atoms with Crippen molar-refractivity contribution in [2.45, 2.75) is 6.18 Å². The number of halogens is 4. The summed E-state index contributed by atoms with van der Waals surface area (Å²) in [5.41, 5.74) is -2.09. The molecule has 0 spiro atoms. The second kappa shape index (κ2) is 4.92. The summed E-state index contributed by atoms with van der Waals surface area (Å²) in [6, 6.07) is 7.52. The van der Waals surface area contributed by atoms with E-state index in [0.29, 0.717) is 18.2 Å². The first-order valence-electron chi connectivity index (χ1n) is 5.32. The van der Waals surface area contributed by atoms with Crippen molar-refractivity contribution in [3.05, 3.63) is 64.0 Å². The summed E-state index contributed by atoms with van der Waals surface area (Å²) in [6.45, 7) is 0. The van der Waals surface area contributed by atoms with Crippen molar-refractivity contribution in [3.63, 3.8) is 0 Å². The maximum Gasteiger partial charge on any atom is 0.417 e. The first-order chi connectivity index (χ1) is 9.29. The van der Waals surface area contributed by atoms with E-state index in [1.165, 1.54) is 6.07 Å². The normalized spacial score (nSPS) is 11.4. The zero-order chi connectivity index (χ0) is 14.9. The molecule has 0 N–H and O–H groups in total. The van der Waals surface area contributed by atoms with Crippen molar-refractivity contribution in [1.29, 1.82) is 0 Å². The molecule has 103 valence electrons. The Balaban J connectivity index is 2.65. The third-order valence-corrected chi connectivity index (χ3v) is 2.58. The van der Waals surface area contributed by atoms with E-state index in [1.54, 1.807) is 0 Å². The van der Waals surface area contributed by atoms with Crippen molar-refractivity contribution in [3.8, 4) is 11.1 Å². The monoisotopic (exact) mass is 284 g/mol.